The molecule has 8 heteroatoms. The van der Waals surface area contributed by atoms with Crippen LogP contribution in [0.25, 0.3) is 0 Å². The Balaban J connectivity index is 1.21. The Morgan fingerprint density at radius 1 is 0.490 bits per heavy atom. The molecule has 4 aromatic carbocycles. The van der Waals surface area contributed by atoms with E-state index >= 15 is 0 Å². The van der Waals surface area contributed by atoms with Crippen LogP contribution in [0.4, 0.5) is 0 Å². The van der Waals surface area contributed by atoms with Crippen LogP contribution < -0.4 is 0 Å². The summed E-state index contributed by atoms with van der Waals surface area (Å²) in [6.45, 7) is 6.01. The zero-order chi connectivity index (χ0) is 35.4. The monoisotopic (exact) mass is 696 g/mol. The highest BCUT2D eigenvalue weighted by molar-refractivity contribution is 5.16. The average molecular weight is 697 g/mol. The molecule has 10 atom stereocenters. The molecule has 2 saturated heterocycles. The van der Waals surface area contributed by atoms with Crippen molar-refractivity contribution in [1.82, 2.24) is 0 Å². The lowest BCUT2D eigenvalue weighted by Gasteiger charge is -2.35. The molecule has 10 unspecified atom stereocenters. The third-order valence-electron chi connectivity index (χ3n) is 10.0. The molecule has 2 heterocycles. The SMILES string of the molecule is CC1COC(CC2COC(C)C(OCc3ccccc3)C(OCc3ccccc3)C2O)C(O)C(OCc2ccccc2)C1OCc1ccccc1. The molecule has 272 valence electrons. The Morgan fingerprint density at radius 2 is 0.882 bits per heavy atom. The van der Waals surface area contributed by atoms with Gasteiger partial charge in [-0.05, 0) is 35.6 Å². The molecule has 0 aromatic heterocycles. The maximum absolute atomic E-state index is 12.1. The van der Waals surface area contributed by atoms with Crippen molar-refractivity contribution in [3.8, 4) is 0 Å². The Labute approximate surface area is 302 Å². The minimum absolute atomic E-state index is 0.0674. The summed E-state index contributed by atoms with van der Waals surface area (Å²) in [6, 6.07) is 39.8. The van der Waals surface area contributed by atoms with Gasteiger partial charge in [0.25, 0.3) is 0 Å². The van der Waals surface area contributed by atoms with E-state index < -0.39 is 48.6 Å². The Morgan fingerprint density at radius 3 is 1.33 bits per heavy atom. The van der Waals surface area contributed by atoms with Crippen molar-refractivity contribution in [2.45, 2.75) is 95.5 Å². The van der Waals surface area contributed by atoms with Gasteiger partial charge >= 0.3 is 0 Å². The van der Waals surface area contributed by atoms with Crippen LogP contribution in [-0.2, 0) is 54.8 Å². The third kappa shape index (κ3) is 10.3. The van der Waals surface area contributed by atoms with E-state index in [-0.39, 0.29) is 18.6 Å². The molecular formula is C43H52O8. The van der Waals surface area contributed by atoms with Crippen LogP contribution in [0, 0.1) is 11.8 Å². The summed E-state index contributed by atoms with van der Waals surface area (Å²) in [7, 11) is 0. The zero-order valence-electron chi connectivity index (χ0n) is 29.6. The van der Waals surface area contributed by atoms with Gasteiger partial charge in [0.05, 0.1) is 64.1 Å². The summed E-state index contributed by atoms with van der Waals surface area (Å²) in [5.41, 5.74) is 4.07. The first-order valence-corrected chi connectivity index (χ1v) is 18.2. The van der Waals surface area contributed by atoms with Crippen molar-refractivity contribution >= 4 is 0 Å². The first-order valence-electron chi connectivity index (χ1n) is 18.2. The Kier molecular flexibility index (Phi) is 13.8. The van der Waals surface area contributed by atoms with Gasteiger partial charge in [0, 0.05) is 11.8 Å². The van der Waals surface area contributed by atoms with Crippen molar-refractivity contribution in [3.63, 3.8) is 0 Å². The minimum atomic E-state index is -1.03. The maximum Gasteiger partial charge on any atom is 0.113 e. The van der Waals surface area contributed by atoms with Crippen LogP contribution in [0.3, 0.4) is 0 Å². The van der Waals surface area contributed by atoms with Gasteiger partial charge in [0.1, 0.15) is 24.4 Å². The Hall–Kier alpha value is -3.44. The van der Waals surface area contributed by atoms with Crippen LogP contribution >= 0.6 is 0 Å². The largest absolute Gasteiger partial charge is 0.390 e. The van der Waals surface area contributed by atoms with Crippen molar-refractivity contribution in [3.05, 3.63) is 144 Å². The zero-order valence-corrected chi connectivity index (χ0v) is 29.6. The van der Waals surface area contributed by atoms with E-state index in [1.54, 1.807) is 0 Å². The van der Waals surface area contributed by atoms with E-state index in [9.17, 15) is 10.2 Å². The fourth-order valence-electron chi connectivity index (χ4n) is 7.05. The normalized spacial score (nSPS) is 30.0. The number of benzene rings is 4. The highest BCUT2D eigenvalue weighted by Gasteiger charge is 2.47. The fraction of sp³-hybridized carbons (Fsp3) is 0.442. The number of hydrogen-bond acceptors (Lipinski definition) is 8. The molecule has 0 spiro atoms. The first kappa shape index (κ1) is 37.3. The summed E-state index contributed by atoms with van der Waals surface area (Å²) < 4.78 is 38.9. The number of aliphatic hydroxyl groups excluding tert-OH is 2. The smallest absolute Gasteiger partial charge is 0.113 e. The third-order valence-corrected chi connectivity index (χ3v) is 10.0. The molecule has 6 rings (SSSR count). The van der Waals surface area contributed by atoms with E-state index in [0.29, 0.717) is 39.5 Å². The predicted octanol–water partition coefficient (Wildman–Crippen LogP) is 6.51. The molecule has 0 aliphatic carbocycles. The molecule has 51 heavy (non-hydrogen) atoms. The van der Waals surface area contributed by atoms with Crippen molar-refractivity contribution < 1.29 is 38.6 Å². The molecular weight excluding hydrogens is 644 g/mol. The van der Waals surface area contributed by atoms with Gasteiger partial charge in [0.2, 0.25) is 0 Å². The van der Waals surface area contributed by atoms with Crippen LogP contribution in [0.2, 0.25) is 0 Å². The summed E-state index contributed by atoms with van der Waals surface area (Å²) in [4.78, 5) is 0. The molecule has 2 fully saturated rings. The molecule has 2 aliphatic rings. The molecule has 8 nitrogen and oxygen atoms in total. The van der Waals surface area contributed by atoms with Crippen LogP contribution in [0.1, 0.15) is 42.5 Å². The topological polar surface area (TPSA) is 95.8 Å². The summed E-state index contributed by atoms with van der Waals surface area (Å²) in [5.74, 6) is -0.479. The van der Waals surface area contributed by atoms with Gasteiger partial charge in [-0.15, -0.1) is 0 Å². The van der Waals surface area contributed by atoms with E-state index in [4.69, 9.17) is 28.4 Å². The maximum atomic E-state index is 12.1. The number of aliphatic hydroxyl groups is 2. The highest BCUT2D eigenvalue weighted by atomic mass is 16.6. The van der Waals surface area contributed by atoms with Gasteiger partial charge in [0.15, 0.2) is 0 Å². The predicted molar refractivity (Wildman–Crippen MR) is 195 cm³/mol. The van der Waals surface area contributed by atoms with Crippen LogP contribution in [0.5, 0.6) is 0 Å². The van der Waals surface area contributed by atoms with Gasteiger partial charge in [-0.2, -0.15) is 0 Å². The van der Waals surface area contributed by atoms with Crippen molar-refractivity contribution in [2.24, 2.45) is 11.8 Å². The molecule has 0 bridgehead atoms. The summed E-state index contributed by atoms with van der Waals surface area (Å²) in [5, 5.41) is 24.2. The van der Waals surface area contributed by atoms with Gasteiger partial charge in [-0.1, -0.05) is 128 Å². The highest BCUT2D eigenvalue weighted by Crippen LogP contribution is 2.34. The van der Waals surface area contributed by atoms with E-state index in [1.165, 1.54) is 0 Å². The molecule has 2 aliphatic heterocycles. The minimum Gasteiger partial charge on any atom is -0.390 e. The fourth-order valence-corrected chi connectivity index (χ4v) is 7.05. The second kappa shape index (κ2) is 18.9. The standard InChI is InChI=1S/C43H52O8/c1-30-24-47-37(39(45)43(51-28-35-21-13-6-14-22-35)40(30)48-25-32-15-7-3-8-16-32)23-36-29-46-31(2)41(49-26-33-17-9-4-10-18-33)42(38(36)44)50-27-34-19-11-5-12-20-34/h3-22,30-31,36-45H,23-29H2,1-2H3. The van der Waals surface area contributed by atoms with Crippen molar-refractivity contribution in [2.75, 3.05) is 13.2 Å². The second-order valence-electron chi connectivity index (χ2n) is 13.9. The summed E-state index contributed by atoms with van der Waals surface area (Å²) >= 11 is 0. The molecule has 2 N–H and O–H groups in total. The van der Waals surface area contributed by atoms with Gasteiger partial charge in [-0.3, -0.25) is 0 Å². The first-order chi connectivity index (χ1) is 25.0. The Bertz CT molecular complexity index is 1420. The van der Waals surface area contributed by atoms with E-state index in [1.807, 2.05) is 128 Å². The van der Waals surface area contributed by atoms with Crippen LogP contribution in [0.15, 0.2) is 121 Å². The average Bonchev–Trinajstić information content (AvgIpc) is 3.35. The lowest BCUT2D eigenvalue weighted by molar-refractivity contribution is -0.162. The number of hydrogen-bond donors (Lipinski definition) is 2. The van der Waals surface area contributed by atoms with Gasteiger partial charge in [-0.25, -0.2) is 0 Å². The summed E-state index contributed by atoms with van der Waals surface area (Å²) in [6.07, 6.45) is -4.98. The van der Waals surface area contributed by atoms with Crippen LogP contribution in [-0.4, -0.2) is 72.3 Å². The van der Waals surface area contributed by atoms with E-state index in [2.05, 4.69) is 6.92 Å². The number of rotatable bonds is 14. The van der Waals surface area contributed by atoms with E-state index in [0.717, 1.165) is 22.3 Å². The molecule has 0 saturated carbocycles. The molecule has 0 amide bonds. The van der Waals surface area contributed by atoms with Crippen molar-refractivity contribution in [1.29, 1.82) is 0 Å². The lowest BCUT2D eigenvalue weighted by Crippen LogP contribution is -2.50. The second-order valence-corrected chi connectivity index (χ2v) is 13.9. The molecule has 0 radical (unpaired) electrons. The lowest BCUT2D eigenvalue weighted by atomic mass is 9.87. The quantitative estimate of drug-likeness (QED) is 0.154. The molecule has 4 aromatic rings. The number of ether oxygens (including phenoxy) is 6. The van der Waals surface area contributed by atoms with Gasteiger partial charge < -0.3 is 38.6 Å².